The number of carbonyl (C=O) groups is 1. The molecule has 0 aromatic heterocycles. The van der Waals surface area contributed by atoms with Gasteiger partial charge in [0.2, 0.25) is 0 Å². The molecule has 4 nitrogen and oxygen atoms in total. The Hall–Kier alpha value is -1.82. The number of benzene rings is 2. The van der Waals surface area contributed by atoms with E-state index in [4.69, 9.17) is 9.47 Å². The van der Waals surface area contributed by atoms with E-state index in [-0.39, 0.29) is 18.6 Å². The zero-order valence-electron chi connectivity index (χ0n) is 12.7. The molecule has 1 heterocycles. The summed E-state index contributed by atoms with van der Waals surface area (Å²) in [7, 11) is 0. The molecule has 1 amide bonds. The Morgan fingerprint density at radius 1 is 1.13 bits per heavy atom. The maximum absolute atomic E-state index is 12.5. The van der Waals surface area contributed by atoms with Crippen molar-refractivity contribution in [3.05, 3.63) is 71.8 Å². The van der Waals surface area contributed by atoms with Crippen molar-refractivity contribution in [1.29, 1.82) is 0 Å². The topological polar surface area (TPSA) is 38.8 Å². The first-order valence-electron chi connectivity index (χ1n) is 7.53. The van der Waals surface area contributed by atoms with Crippen molar-refractivity contribution < 1.29 is 14.3 Å². The van der Waals surface area contributed by atoms with Gasteiger partial charge < -0.3 is 9.47 Å². The minimum absolute atomic E-state index is 0.0125. The molecule has 0 N–H and O–H groups in total. The molecule has 1 fully saturated rings. The highest BCUT2D eigenvalue weighted by atomic mass is 32.1. The summed E-state index contributed by atoms with van der Waals surface area (Å²) in [6, 6.07) is 19.5. The number of carbonyl (C=O) groups excluding carboxylic acids is 1. The molecular formula is C18H19NO3S. The molecule has 0 bridgehead atoms. The van der Waals surface area contributed by atoms with Gasteiger partial charge in [0, 0.05) is 0 Å². The standard InChI is InChI=1S/C18H19NO3S/c20-17(13-21-11-14-7-3-1-4-8-14)19-16(12-22-18(19)23)15-9-5-2-6-10-15/h1-10,16,18,23H,11-13H2/t16-,18+/m1/s1. The van der Waals surface area contributed by atoms with Crippen LogP contribution in [0.1, 0.15) is 17.2 Å². The lowest BCUT2D eigenvalue weighted by Gasteiger charge is -2.26. The summed E-state index contributed by atoms with van der Waals surface area (Å²) in [5.41, 5.74) is 1.55. The summed E-state index contributed by atoms with van der Waals surface area (Å²) in [5, 5.41) is 0. The lowest BCUT2D eigenvalue weighted by atomic mass is 10.1. The fraction of sp³-hybridized carbons (Fsp3) is 0.278. The summed E-state index contributed by atoms with van der Waals surface area (Å²) < 4.78 is 11.1. The van der Waals surface area contributed by atoms with E-state index in [1.807, 2.05) is 60.7 Å². The van der Waals surface area contributed by atoms with Gasteiger partial charge in [0.15, 0.2) is 5.56 Å². The first-order valence-corrected chi connectivity index (χ1v) is 8.05. The quantitative estimate of drug-likeness (QED) is 0.857. The average molecular weight is 329 g/mol. The van der Waals surface area contributed by atoms with E-state index in [2.05, 4.69) is 12.6 Å². The van der Waals surface area contributed by atoms with Crippen molar-refractivity contribution in [2.75, 3.05) is 13.2 Å². The highest BCUT2D eigenvalue weighted by Gasteiger charge is 2.36. The van der Waals surface area contributed by atoms with Crippen molar-refractivity contribution in [2.45, 2.75) is 18.2 Å². The molecule has 120 valence electrons. The Kier molecular flexibility index (Phi) is 5.33. The Labute approximate surface area is 141 Å². The minimum Gasteiger partial charge on any atom is -0.367 e. The van der Waals surface area contributed by atoms with Gasteiger partial charge in [0.1, 0.15) is 6.61 Å². The van der Waals surface area contributed by atoms with Gasteiger partial charge in [-0.25, -0.2) is 0 Å². The van der Waals surface area contributed by atoms with Crippen LogP contribution < -0.4 is 0 Å². The third-order valence-corrected chi connectivity index (χ3v) is 4.18. The summed E-state index contributed by atoms with van der Waals surface area (Å²) in [4.78, 5) is 14.1. The second-order valence-electron chi connectivity index (χ2n) is 5.37. The third-order valence-electron chi connectivity index (χ3n) is 3.79. The number of nitrogens with zero attached hydrogens (tertiary/aromatic N) is 1. The monoisotopic (exact) mass is 329 g/mol. The zero-order chi connectivity index (χ0) is 16.1. The molecule has 1 aliphatic heterocycles. The molecule has 0 aliphatic carbocycles. The summed E-state index contributed by atoms with van der Waals surface area (Å²) in [5.74, 6) is -0.118. The van der Waals surface area contributed by atoms with Crippen LogP contribution in [0.3, 0.4) is 0 Å². The van der Waals surface area contributed by atoms with Crippen molar-refractivity contribution in [2.24, 2.45) is 0 Å². The number of thiol groups is 1. The molecule has 0 unspecified atom stereocenters. The lowest BCUT2D eigenvalue weighted by Crippen LogP contribution is -2.37. The summed E-state index contributed by atoms with van der Waals surface area (Å²) in [6.45, 7) is 0.871. The van der Waals surface area contributed by atoms with Crippen LogP contribution in [-0.4, -0.2) is 29.6 Å². The van der Waals surface area contributed by atoms with Crippen LogP contribution in [0.15, 0.2) is 60.7 Å². The zero-order valence-corrected chi connectivity index (χ0v) is 13.6. The fourth-order valence-corrected chi connectivity index (χ4v) is 3.00. The molecule has 1 saturated heterocycles. The highest BCUT2D eigenvalue weighted by molar-refractivity contribution is 7.80. The second-order valence-corrected chi connectivity index (χ2v) is 5.81. The molecular weight excluding hydrogens is 310 g/mol. The Balaban J connectivity index is 1.60. The Morgan fingerprint density at radius 2 is 1.78 bits per heavy atom. The molecule has 3 rings (SSSR count). The van der Waals surface area contributed by atoms with E-state index < -0.39 is 5.56 Å². The van der Waals surface area contributed by atoms with Crippen LogP contribution in [0.5, 0.6) is 0 Å². The first-order chi connectivity index (χ1) is 11.3. The van der Waals surface area contributed by atoms with Crippen molar-refractivity contribution >= 4 is 18.5 Å². The molecule has 0 radical (unpaired) electrons. The number of ether oxygens (including phenoxy) is 2. The van der Waals surface area contributed by atoms with Gasteiger partial charge in [-0.2, -0.15) is 0 Å². The van der Waals surface area contributed by atoms with Gasteiger partial charge in [0.05, 0.1) is 19.3 Å². The highest BCUT2D eigenvalue weighted by Crippen LogP contribution is 2.31. The summed E-state index contributed by atoms with van der Waals surface area (Å²) in [6.07, 6.45) is 0. The number of hydrogen-bond donors (Lipinski definition) is 1. The van der Waals surface area contributed by atoms with Gasteiger partial charge in [-0.05, 0) is 11.1 Å². The van der Waals surface area contributed by atoms with Crippen LogP contribution in [0.25, 0.3) is 0 Å². The second kappa shape index (κ2) is 7.64. The minimum atomic E-state index is -0.534. The van der Waals surface area contributed by atoms with Gasteiger partial charge in [-0.3, -0.25) is 9.69 Å². The van der Waals surface area contributed by atoms with Crippen LogP contribution in [0.2, 0.25) is 0 Å². The first kappa shape index (κ1) is 16.1. The molecule has 2 aromatic rings. The van der Waals surface area contributed by atoms with Gasteiger partial charge in [-0.15, -0.1) is 12.6 Å². The van der Waals surface area contributed by atoms with E-state index in [0.29, 0.717) is 13.2 Å². The van der Waals surface area contributed by atoms with Crippen molar-refractivity contribution in [3.63, 3.8) is 0 Å². The summed E-state index contributed by atoms with van der Waals surface area (Å²) >= 11 is 4.36. The molecule has 2 atom stereocenters. The number of amides is 1. The third kappa shape index (κ3) is 3.93. The van der Waals surface area contributed by atoms with E-state index in [9.17, 15) is 4.79 Å². The lowest BCUT2D eigenvalue weighted by molar-refractivity contribution is -0.139. The Bertz CT molecular complexity index is 635. The molecule has 23 heavy (non-hydrogen) atoms. The van der Waals surface area contributed by atoms with Crippen LogP contribution in [0, 0.1) is 0 Å². The molecule has 5 heteroatoms. The number of rotatable bonds is 5. The average Bonchev–Trinajstić information content (AvgIpc) is 2.98. The predicted octanol–water partition coefficient (Wildman–Crippen LogP) is 3.02. The van der Waals surface area contributed by atoms with Crippen molar-refractivity contribution in [1.82, 2.24) is 4.90 Å². The van der Waals surface area contributed by atoms with E-state index in [1.54, 1.807) is 4.90 Å². The van der Waals surface area contributed by atoms with Crippen LogP contribution >= 0.6 is 12.6 Å². The molecule has 2 aromatic carbocycles. The maximum Gasteiger partial charge on any atom is 0.251 e. The largest absolute Gasteiger partial charge is 0.367 e. The van der Waals surface area contributed by atoms with Gasteiger partial charge in [-0.1, -0.05) is 60.7 Å². The smallest absolute Gasteiger partial charge is 0.251 e. The SMILES string of the molecule is O=C(COCc1ccccc1)N1[C@H](S)OC[C@@H]1c1ccccc1. The van der Waals surface area contributed by atoms with Crippen LogP contribution in [-0.2, 0) is 20.9 Å². The maximum atomic E-state index is 12.5. The molecule has 0 saturated carbocycles. The van der Waals surface area contributed by atoms with Crippen molar-refractivity contribution in [3.8, 4) is 0 Å². The molecule has 1 aliphatic rings. The molecule has 0 spiro atoms. The van der Waals surface area contributed by atoms with E-state index in [0.717, 1.165) is 11.1 Å². The normalized spacial score (nSPS) is 20.7. The van der Waals surface area contributed by atoms with Gasteiger partial charge >= 0.3 is 0 Å². The Morgan fingerprint density at radius 3 is 2.48 bits per heavy atom. The predicted molar refractivity (Wildman–Crippen MR) is 90.9 cm³/mol. The number of hydrogen-bond acceptors (Lipinski definition) is 4. The van der Waals surface area contributed by atoms with E-state index in [1.165, 1.54) is 0 Å². The van der Waals surface area contributed by atoms with Crippen LogP contribution in [0.4, 0.5) is 0 Å². The van der Waals surface area contributed by atoms with E-state index >= 15 is 0 Å². The van der Waals surface area contributed by atoms with Gasteiger partial charge in [0.25, 0.3) is 5.91 Å². The fourth-order valence-electron chi connectivity index (χ4n) is 2.63.